The SMILES string of the molecule is CC(F)(F)C(F)(F)CF.COF. The van der Waals surface area contributed by atoms with Gasteiger partial charge in [0.05, 0.1) is 7.11 Å². The number of alkyl halides is 5. The Balaban J connectivity index is 0. The van der Waals surface area contributed by atoms with E-state index in [2.05, 4.69) is 4.94 Å². The summed E-state index contributed by atoms with van der Waals surface area (Å²) in [6.45, 7) is -2.34. The zero-order valence-corrected chi connectivity index (χ0v) is 6.38. The van der Waals surface area contributed by atoms with Gasteiger partial charge in [-0.1, -0.05) is 0 Å². The van der Waals surface area contributed by atoms with Crippen molar-refractivity contribution in [3.8, 4) is 0 Å². The van der Waals surface area contributed by atoms with Gasteiger partial charge in [-0.05, 0) is 4.53 Å². The van der Waals surface area contributed by atoms with E-state index in [0.29, 0.717) is 0 Å². The summed E-state index contributed by atoms with van der Waals surface area (Å²) in [5.41, 5.74) is 0. The van der Waals surface area contributed by atoms with Crippen LogP contribution in [-0.4, -0.2) is 25.6 Å². The van der Waals surface area contributed by atoms with Crippen molar-refractivity contribution in [1.29, 1.82) is 0 Å². The first-order chi connectivity index (χ1) is 5.22. The van der Waals surface area contributed by atoms with E-state index in [1.54, 1.807) is 0 Å². The highest BCUT2D eigenvalue weighted by Crippen LogP contribution is 2.33. The maximum atomic E-state index is 11.5. The first kappa shape index (κ1) is 14.1. The topological polar surface area (TPSA) is 9.23 Å². The lowest BCUT2D eigenvalue weighted by atomic mass is 10.2. The molecule has 0 unspecified atom stereocenters. The van der Waals surface area contributed by atoms with Gasteiger partial charge in [-0.3, -0.25) is 0 Å². The number of halogens is 6. The van der Waals surface area contributed by atoms with Crippen LogP contribution in [0.4, 0.5) is 26.5 Å². The van der Waals surface area contributed by atoms with Crippen molar-refractivity contribution < 1.29 is 31.4 Å². The van der Waals surface area contributed by atoms with Crippen LogP contribution >= 0.6 is 0 Å². The molecule has 0 aliphatic carbocycles. The molecule has 0 radical (unpaired) electrons. The van der Waals surface area contributed by atoms with Crippen molar-refractivity contribution in [1.82, 2.24) is 0 Å². The van der Waals surface area contributed by atoms with Crippen molar-refractivity contribution in [2.24, 2.45) is 0 Å². The molecule has 0 spiro atoms. The first-order valence-electron chi connectivity index (χ1n) is 2.69. The molecule has 12 heavy (non-hydrogen) atoms. The molecule has 0 rings (SSSR count). The predicted octanol–water partition coefficient (Wildman–Crippen LogP) is 2.76. The van der Waals surface area contributed by atoms with E-state index in [4.69, 9.17) is 0 Å². The molecular weight excluding hydrogens is 190 g/mol. The molecule has 0 saturated heterocycles. The summed E-state index contributed by atoms with van der Waals surface area (Å²) in [5.74, 6) is -8.78. The van der Waals surface area contributed by atoms with Gasteiger partial charge in [0.25, 0.3) is 0 Å². The Morgan fingerprint density at radius 2 is 1.42 bits per heavy atom. The van der Waals surface area contributed by atoms with Gasteiger partial charge >= 0.3 is 11.8 Å². The Morgan fingerprint density at radius 3 is 1.42 bits per heavy atom. The molecule has 0 aliphatic heterocycles. The van der Waals surface area contributed by atoms with Crippen molar-refractivity contribution >= 4 is 0 Å². The van der Waals surface area contributed by atoms with Gasteiger partial charge < -0.3 is 0 Å². The predicted molar refractivity (Wildman–Crippen MR) is 29.7 cm³/mol. The Morgan fingerprint density at radius 1 is 1.17 bits per heavy atom. The quantitative estimate of drug-likeness (QED) is 0.620. The molecule has 0 fully saturated rings. The van der Waals surface area contributed by atoms with Gasteiger partial charge in [0.1, 0.15) is 0 Å². The Kier molecular flexibility index (Phi) is 6.14. The molecule has 76 valence electrons. The zero-order valence-electron chi connectivity index (χ0n) is 6.38. The third kappa shape index (κ3) is 5.22. The van der Waals surface area contributed by atoms with Gasteiger partial charge in [-0.15, -0.1) is 0 Å². The molecule has 7 heteroatoms. The van der Waals surface area contributed by atoms with Gasteiger partial charge in [-0.2, -0.15) is 13.7 Å². The van der Waals surface area contributed by atoms with Crippen LogP contribution in [0.25, 0.3) is 0 Å². The summed E-state index contributed by atoms with van der Waals surface area (Å²) in [7, 11) is 0.958. The van der Waals surface area contributed by atoms with Crippen molar-refractivity contribution in [3.63, 3.8) is 0 Å². The third-order valence-corrected chi connectivity index (χ3v) is 0.810. The summed E-state index contributed by atoms with van der Waals surface area (Å²) in [6.07, 6.45) is 0. The minimum absolute atomic E-state index is 0.0213. The Hall–Kier alpha value is -0.460. The largest absolute Gasteiger partial charge is 0.337 e. The maximum Gasteiger partial charge on any atom is 0.337 e. The second-order valence-electron chi connectivity index (χ2n) is 1.88. The molecule has 0 aromatic rings. The molecule has 1 nitrogen and oxygen atoms in total. The first-order valence-corrected chi connectivity index (χ1v) is 2.69. The molecule has 0 aromatic heterocycles. The van der Waals surface area contributed by atoms with Crippen LogP contribution in [0.2, 0.25) is 0 Å². The van der Waals surface area contributed by atoms with Crippen LogP contribution in [0.1, 0.15) is 6.92 Å². The van der Waals surface area contributed by atoms with Crippen LogP contribution < -0.4 is 0 Å². The number of rotatable bonds is 2. The van der Waals surface area contributed by atoms with Crippen LogP contribution in [-0.2, 0) is 4.94 Å². The monoisotopic (exact) mass is 198 g/mol. The highest BCUT2D eigenvalue weighted by molar-refractivity contribution is 4.78. The van der Waals surface area contributed by atoms with Crippen LogP contribution in [0.15, 0.2) is 0 Å². The van der Waals surface area contributed by atoms with Crippen LogP contribution in [0.5, 0.6) is 0 Å². The van der Waals surface area contributed by atoms with Crippen molar-refractivity contribution in [3.05, 3.63) is 0 Å². The zero-order chi connectivity index (χ0) is 10.4. The van der Waals surface area contributed by atoms with E-state index < -0.39 is 18.5 Å². The highest BCUT2D eigenvalue weighted by atomic mass is 19.3. The fourth-order valence-electron chi connectivity index (χ4n) is 0.117. The minimum atomic E-state index is -4.52. The number of hydrogen-bond acceptors (Lipinski definition) is 1. The highest BCUT2D eigenvalue weighted by Gasteiger charge is 2.52. The van der Waals surface area contributed by atoms with E-state index in [1.165, 1.54) is 0 Å². The second-order valence-corrected chi connectivity index (χ2v) is 1.88. The molecule has 0 atom stereocenters. The molecule has 0 heterocycles. The van der Waals surface area contributed by atoms with E-state index in [1.807, 2.05) is 0 Å². The van der Waals surface area contributed by atoms with E-state index in [9.17, 15) is 26.5 Å². The standard InChI is InChI=1S/C4H5F5.CH3FO/c1-3(6,7)4(8,9)2-5;1-3-2/h2H2,1H3;1H3. The smallest absolute Gasteiger partial charge is 0.244 e. The van der Waals surface area contributed by atoms with E-state index >= 15 is 0 Å². The fourth-order valence-corrected chi connectivity index (χ4v) is 0.117. The molecule has 0 aliphatic rings. The van der Waals surface area contributed by atoms with Gasteiger partial charge in [0.2, 0.25) is 0 Å². The summed E-state index contributed by atoms with van der Waals surface area (Å²) in [5, 5.41) is 0. The second kappa shape index (κ2) is 5.23. The molecular formula is C5H8F6O. The van der Waals surface area contributed by atoms with E-state index in [0.717, 1.165) is 7.11 Å². The average Bonchev–Trinajstić information content (AvgIpc) is 1.87. The Bertz CT molecular complexity index is 109. The average molecular weight is 198 g/mol. The Labute approximate surface area is 65.2 Å². The molecule has 0 bridgehead atoms. The lowest BCUT2D eigenvalue weighted by Crippen LogP contribution is -2.39. The summed E-state index contributed by atoms with van der Waals surface area (Å²) in [6, 6.07) is 0. The van der Waals surface area contributed by atoms with Crippen molar-refractivity contribution in [2.75, 3.05) is 13.8 Å². The van der Waals surface area contributed by atoms with Crippen LogP contribution in [0.3, 0.4) is 0 Å². The van der Waals surface area contributed by atoms with Crippen molar-refractivity contribution in [2.45, 2.75) is 18.8 Å². The third-order valence-electron chi connectivity index (χ3n) is 0.810. The molecule has 0 aromatic carbocycles. The van der Waals surface area contributed by atoms with Gasteiger partial charge in [-0.25, -0.2) is 13.2 Å². The molecule has 0 saturated carbocycles. The van der Waals surface area contributed by atoms with E-state index in [-0.39, 0.29) is 6.92 Å². The van der Waals surface area contributed by atoms with Gasteiger partial charge in [0, 0.05) is 6.92 Å². The summed E-state index contributed by atoms with van der Waals surface area (Å²) < 4.78 is 66.9. The molecule has 0 N–H and O–H groups in total. The lowest BCUT2D eigenvalue weighted by molar-refractivity contribution is -0.204. The summed E-state index contributed by atoms with van der Waals surface area (Å²) >= 11 is 0. The lowest BCUT2D eigenvalue weighted by Gasteiger charge is -2.18. The normalized spacial score (nSPS) is 12.0. The van der Waals surface area contributed by atoms with Gasteiger partial charge in [0.15, 0.2) is 6.67 Å². The molecule has 0 amide bonds. The van der Waals surface area contributed by atoms with Crippen LogP contribution in [0, 0.1) is 0 Å². The minimum Gasteiger partial charge on any atom is -0.244 e. The number of hydrogen-bond donors (Lipinski definition) is 0. The fraction of sp³-hybridized carbons (Fsp3) is 1.00. The summed E-state index contributed by atoms with van der Waals surface area (Å²) in [4.78, 5) is 2.75. The maximum absolute atomic E-state index is 11.5.